The molecule has 0 radical (unpaired) electrons. The number of para-hydroxylation sites is 1. The van der Waals surface area contributed by atoms with Crippen LogP contribution in [-0.4, -0.2) is 19.5 Å². The summed E-state index contributed by atoms with van der Waals surface area (Å²) in [7, 11) is 0. The molecule has 11 rings (SSSR count). The lowest BCUT2D eigenvalue weighted by Crippen LogP contribution is -2.21. The molecule has 0 bridgehead atoms. The summed E-state index contributed by atoms with van der Waals surface area (Å²) >= 11 is 0. The van der Waals surface area contributed by atoms with E-state index in [1.165, 1.54) is 12.1 Å². The van der Waals surface area contributed by atoms with Crippen LogP contribution in [0.2, 0.25) is 0 Å². The first kappa shape index (κ1) is 34.0. The van der Waals surface area contributed by atoms with Gasteiger partial charge in [-0.05, 0) is 65.7 Å². The molecular formula is C49H23N9O2. The molecule has 0 N–H and O–H groups in total. The first-order valence-corrected chi connectivity index (χ1v) is 18.7. The highest BCUT2D eigenvalue weighted by Crippen LogP contribution is 2.62. The minimum Gasteiger partial charge on any atom is -0.451 e. The van der Waals surface area contributed by atoms with Gasteiger partial charge in [-0.3, -0.25) is 9.47 Å². The molecule has 0 aliphatic carbocycles. The maximum atomic E-state index is 10.2. The summed E-state index contributed by atoms with van der Waals surface area (Å²) in [6.45, 7) is 15.5. The highest BCUT2D eigenvalue weighted by Gasteiger charge is 2.38. The fraction of sp³-hybridized carbons (Fsp3) is 0. The van der Waals surface area contributed by atoms with Crippen molar-refractivity contribution in [3.05, 3.63) is 173 Å². The lowest BCUT2D eigenvalue weighted by atomic mass is 9.98. The smallest absolute Gasteiger partial charge is 0.238 e. The van der Waals surface area contributed by atoms with Crippen molar-refractivity contribution < 1.29 is 9.47 Å². The topological polar surface area (TPSA) is 122 Å². The van der Waals surface area contributed by atoms with Gasteiger partial charge in [0.2, 0.25) is 5.95 Å². The Hall–Kier alpha value is -9.29. The summed E-state index contributed by atoms with van der Waals surface area (Å²) in [5.41, 5.74) is 7.32. The lowest BCUT2D eigenvalue weighted by molar-refractivity contribution is 0.445. The van der Waals surface area contributed by atoms with Gasteiger partial charge >= 0.3 is 0 Å². The van der Waals surface area contributed by atoms with E-state index < -0.39 is 0 Å². The van der Waals surface area contributed by atoms with Crippen LogP contribution in [0.15, 0.2) is 140 Å². The second kappa shape index (κ2) is 13.1. The molecule has 2 aliphatic heterocycles. The number of hydrogen-bond acceptors (Lipinski definition) is 8. The highest BCUT2D eigenvalue weighted by atomic mass is 16.5. The average Bonchev–Trinajstić information content (AvgIpc) is 3.64. The average molecular weight is 770 g/mol. The molecule has 0 spiro atoms. The summed E-state index contributed by atoms with van der Waals surface area (Å²) < 4.78 is 15.2. The first-order chi connectivity index (χ1) is 29.5. The van der Waals surface area contributed by atoms with E-state index in [0.29, 0.717) is 46.2 Å². The van der Waals surface area contributed by atoms with Crippen LogP contribution in [0.1, 0.15) is 11.1 Å². The Morgan fingerprint density at radius 3 is 1.60 bits per heavy atom. The third-order valence-corrected chi connectivity index (χ3v) is 10.7. The maximum Gasteiger partial charge on any atom is 0.238 e. The van der Waals surface area contributed by atoms with E-state index in [1.807, 2.05) is 102 Å². The second-order valence-electron chi connectivity index (χ2n) is 14.1. The maximum absolute atomic E-state index is 10.2. The van der Waals surface area contributed by atoms with Crippen molar-refractivity contribution >= 4 is 50.2 Å². The van der Waals surface area contributed by atoms with Crippen LogP contribution in [0.3, 0.4) is 0 Å². The number of hydrogen-bond donors (Lipinski definition) is 0. The number of fused-ring (bicyclic) bond motifs is 7. The molecule has 7 aromatic carbocycles. The van der Waals surface area contributed by atoms with Crippen LogP contribution in [0.5, 0.6) is 23.0 Å². The number of anilines is 3. The van der Waals surface area contributed by atoms with Gasteiger partial charge in [0.1, 0.15) is 17.8 Å². The minimum absolute atomic E-state index is 0.171. The van der Waals surface area contributed by atoms with Gasteiger partial charge in [0.25, 0.3) is 0 Å². The minimum atomic E-state index is 0.171. The number of nitriles is 2. The Morgan fingerprint density at radius 1 is 0.517 bits per heavy atom. The number of aromatic nitrogens is 4. The quantitative estimate of drug-likeness (QED) is 0.162. The second-order valence-corrected chi connectivity index (χ2v) is 14.1. The van der Waals surface area contributed by atoms with E-state index in [9.17, 15) is 10.5 Å². The number of nitrogens with zero attached hydrogens (tertiary/aromatic N) is 9. The number of benzene rings is 7. The molecule has 0 amide bonds. The Balaban J connectivity index is 1.11. The summed E-state index contributed by atoms with van der Waals surface area (Å²) in [5.74, 6) is 2.88. The molecule has 9 aromatic rings. The van der Waals surface area contributed by atoms with Crippen LogP contribution in [-0.2, 0) is 0 Å². The fourth-order valence-corrected chi connectivity index (χ4v) is 8.02. The Kier molecular flexibility index (Phi) is 7.45. The lowest BCUT2D eigenvalue weighted by Gasteiger charge is -2.39. The summed E-state index contributed by atoms with van der Waals surface area (Å²) in [6.07, 6.45) is 0. The molecule has 0 fully saturated rings. The normalized spacial score (nSPS) is 11.8. The van der Waals surface area contributed by atoms with Gasteiger partial charge < -0.3 is 9.47 Å². The molecule has 4 heterocycles. The van der Waals surface area contributed by atoms with Crippen molar-refractivity contribution in [3.8, 4) is 75.0 Å². The van der Waals surface area contributed by atoms with Crippen LogP contribution < -0.4 is 14.4 Å². The number of rotatable bonds is 4. The van der Waals surface area contributed by atoms with E-state index in [1.54, 1.807) is 12.1 Å². The molecule has 11 nitrogen and oxygen atoms in total. The molecule has 2 aromatic heterocycles. The number of ether oxygens (including phenoxy) is 2. The molecule has 11 heteroatoms. The molecule has 2 aliphatic rings. The zero-order valence-corrected chi connectivity index (χ0v) is 31.1. The van der Waals surface area contributed by atoms with Crippen molar-refractivity contribution in [3.63, 3.8) is 0 Å². The van der Waals surface area contributed by atoms with E-state index in [4.69, 9.17) is 37.6 Å². The summed E-state index contributed by atoms with van der Waals surface area (Å²) in [5, 5.41) is 22.4. The fourth-order valence-electron chi connectivity index (χ4n) is 8.02. The van der Waals surface area contributed by atoms with Gasteiger partial charge in [0.05, 0.1) is 46.7 Å². The van der Waals surface area contributed by atoms with Crippen molar-refractivity contribution in [2.75, 3.05) is 4.90 Å². The van der Waals surface area contributed by atoms with Gasteiger partial charge in [-0.25, -0.2) is 14.7 Å². The Labute approximate surface area is 342 Å². The standard InChI is InChI=1S/C49H23N9O2/c1-52-34-19-32(26-50)45-40(24-34)57-41-25-35(53-2)20-33(27-51)46(41)60-43-23-31(22-42(59-45)44(43)57)30-17-18-39-37(21-30)36-15-9-10-16-38(36)58(39)49-55-47(28-11-5-3-6-12-28)54-48(56-49)29-13-7-4-8-14-29/h3-25H. The van der Waals surface area contributed by atoms with Crippen LogP contribution in [0.4, 0.5) is 28.4 Å². The third-order valence-electron chi connectivity index (χ3n) is 10.7. The molecule has 0 unspecified atom stereocenters. The van der Waals surface area contributed by atoms with Gasteiger partial charge in [-0.1, -0.05) is 84.9 Å². The molecule has 0 saturated carbocycles. The van der Waals surface area contributed by atoms with E-state index in [2.05, 4.69) is 44.6 Å². The van der Waals surface area contributed by atoms with Crippen molar-refractivity contribution in [2.24, 2.45) is 0 Å². The predicted octanol–water partition coefficient (Wildman–Crippen LogP) is 12.5. The predicted molar refractivity (Wildman–Crippen MR) is 227 cm³/mol. The van der Waals surface area contributed by atoms with Gasteiger partial charge in [-0.15, -0.1) is 0 Å². The molecule has 276 valence electrons. The van der Waals surface area contributed by atoms with Crippen molar-refractivity contribution in [2.45, 2.75) is 0 Å². The molecule has 0 atom stereocenters. The Bertz CT molecular complexity index is 3330. The van der Waals surface area contributed by atoms with Crippen LogP contribution >= 0.6 is 0 Å². The molecular weight excluding hydrogens is 747 g/mol. The van der Waals surface area contributed by atoms with Gasteiger partial charge in [0, 0.05) is 21.9 Å². The zero-order chi connectivity index (χ0) is 40.5. The van der Waals surface area contributed by atoms with Gasteiger partial charge in [-0.2, -0.15) is 20.5 Å². The van der Waals surface area contributed by atoms with Gasteiger partial charge in [0.15, 0.2) is 46.0 Å². The molecule has 0 saturated heterocycles. The first-order valence-electron chi connectivity index (χ1n) is 18.7. The monoisotopic (exact) mass is 769 g/mol. The van der Waals surface area contributed by atoms with E-state index >= 15 is 0 Å². The third kappa shape index (κ3) is 5.15. The summed E-state index contributed by atoms with van der Waals surface area (Å²) in [4.78, 5) is 24.0. The van der Waals surface area contributed by atoms with Crippen molar-refractivity contribution in [1.82, 2.24) is 19.5 Å². The van der Waals surface area contributed by atoms with Crippen molar-refractivity contribution in [1.29, 1.82) is 10.5 Å². The SMILES string of the molecule is [C-]#[N+]c1cc(C#N)c2c(c1)N1c3cc([N+]#[C-])cc(C#N)c3Oc3cc(-c4ccc5c(c4)c4ccccc4n5-c4nc(-c5ccccc5)nc(-c5ccccc5)n4)cc(c31)O2. The van der Waals surface area contributed by atoms with E-state index in [0.717, 1.165) is 44.1 Å². The summed E-state index contributed by atoms with van der Waals surface area (Å²) in [6, 6.07) is 48.4. The molecule has 60 heavy (non-hydrogen) atoms. The van der Waals surface area contributed by atoms with Crippen LogP contribution in [0, 0.1) is 35.8 Å². The highest BCUT2D eigenvalue weighted by molar-refractivity contribution is 6.10. The van der Waals surface area contributed by atoms with Crippen LogP contribution in [0.25, 0.3) is 71.3 Å². The Morgan fingerprint density at radius 2 is 1.05 bits per heavy atom. The largest absolute Gasteiger partial charge is 0.451 e. The zero-order valence-electron chi connectivity index (χ0n) is 31.1. The van der Waals surface area contributed by atoms with E-state index in [-0.39, 0.29) is 34.0 Å².